The van der Waals surface area contributed by atoms with Gasteiger partial charge in [0.25, 0.3) is 15.9 Å². The molecular weight excluding hydrogens is 566 g/mol. The molecule has 1 fully saturated rings. The van der Waals surface area contributed by atoms with Crippen molar-refractivity contribution in [2.45, 2.75) is 18.4 Å². The second-order valence-corrected chi connectivity index (χ2v) is 12.7. The first-order chi connectivity index (χ1) is 20.3. The highest BCUT2D eigenvalue weighted by atomic mass is 35.5. The highest BCUT2D eigenvalue weighted by molar-refractivity contribution is 7.92. The van der Waals surface area contributed by atoms with E-state index < -0.39 is 10.0 Å². The second-order valence-electron chi connectivity index (χ2n) is 10.4. The summed E-state index contributed by atoms with van der Waals surface area (Å²) < 4.78 is 29.5. The van der Waals surface area contributed by atoms with Gasteiger partial charge < -0.3 is 4.90 Å². The minimum absolute atomic E-state index is 0.0548. The van der Waals surface area contributed by atoms with Crippen LogP contribution in [0.5, 0.6) is 0 Å². The summed E-state index contributed by atoms with van der Waals surface area (Å²) in [4.78, 5) is 18.2. The minimum Gasteiger partial charge on any atom is -0.336 e. The van der Waals surface area contributed by atoms with Crippen LogP contribution in [0.2, 0.25) is 5.02 Å². The van der Waals surface area contributed by atoms with E-state index in [-0.39, 0.29) is 17.3 Å². The van der Waals surface area contributed by atoms with Crippen molar-refractivity contribution in [1.82, 2.24) is 9.80 Å². The van der Waals surface area contributed by atoms with E-state index in [9.17, 15) is 13.2 Å². The highest BCUT2D eigenvalue weighted by Crippen LogP contribution is 2.31. The number of anilines is 1. The Bertz CT molecular complexity index is 1630. The smallest absolute Gasteiger partial charge is 0.264 e. The van der Waals surface area contributed by atoms with Crippen molar-refractivity contribution in [3.63, 3.8) is 0 Å². The summed E-state index contributed by atoms with van der Waals surface area (Å²) in [5, 5.41) is 0.567. The van der Waals surface area contributed by atoms with Gasteiger partial charge in [0.15, 0.2) is 0 Å². The lowest BCUT2D eigenvalue weighted by atomic mass is 10.1. The van der Waals surface area contributed by atoms with Crippen LogP contribution in [0.25, 0.3) is 6.08 Å². The standard InChI is InChI=1S/C34H34ClN3O3S/c1-27-13-19-31(20-14-27)42(40,41)38(26-29-15-17-30(35)18-16-29)33-12-6-5-11-32(33)34(39)37-24-22-36(23-25-37)21-7-10-28-8-3-2-4-9-28/h2-20H,21-26H2,1H3/b10-7+. The fourth-order valence-corrected chi connectivity index (χ4v) is 6.57. The molecule has 0 atom stereocenters. The molecule has 1 aliphatic heterocycles. The highest BCUT2D eigenvalue weighted by Gasteiger charge is 2.31. The predicted molar refractivity (Wildman–Crippen MR) is 170 cm³/mol. The van der Waals surface area contributed by atoms with E-state index in [2.05, 4.69) is 29.2 Å². The van der Waals surface area contributed by atoms with Gasteiger partial charge in [-0.1, -0.05) is 96.0 Å². The number of sulfonamides is 1. The average molecular weight is 600 g/mol. The van der Waals surface area contributed by atoms with Crippen molar-refractivity contribution >= 4 is 39.3 Å². The Morgan fingerprint density at radius 2 is 1.48 bits per heavy atom. The van der Waals surface area contributed by atoms with Crippen molar-refractivity contribution in [3.8, 4) is 0 Å². The molecule has 0 bridgehead atoms. The molecule has 0 spiro atoms. The Balaban J connectivity index is 1.37. The molecular formula is C34H34ClN3O3S. The number of amides is 1. The fourth-order valence-electron chi connectivity index (χ4n) is 4.97. The molecule has 0 aromatic heterocycles. The van der Waals surface area contributed by atoms with Gasteiger partial charge in [-0.05, 0) is 54.4 Å². The number of piperazine rings is 1. The summed E-state index contributed by atoms with van der Waals surface area (Å²) in [6, 6.07) is 31.0. The van der Waals surface area contributed by atoms with Crippen LogP contribution in [0, 0.1) is 6.92 Å². The fraction of sp³-hybridized carbons (Fsp3) is 0.206. The molecule has 0 N–H and O–H groups in total. The molecule has 0 unspecified atom stereocenters. The quantitative estimate of drug-likeness (QED) is 0.220. The van der Waals surface area contributed by atoms with Crippen molar-refractivity contribution in [3.05, 3.63) is 136 Å². The third-order valence-corrected chi connectivity index (χ3v) is 9.41. The Labute approximate surface area is 253 Å². The number of rotatable bonds is 9. The number of hydrogen-bond donors (Lipinski definition) is 0. The van der Waals surface area contributed by atoms with Gasteiger partial charge in [-0.2, -0.15) is 0 Å². The van der Waals surface area contributed by atoms with E-state index >= 15 is 0 Å². The van der Waals surface area contributed by atoms with Gasteiger partial charge in [0.2, 0.25) is 0 Å². The lowest BCUT2D eigenvalue weighted by Gasteiger charge is -2.35. The average Bonchev–Trinajstić information content (AvgIpc) is 3.01. The van der Waals surface area contributed by atoms with Crippen LogP contribution < -0.4 is 4.31 Å². The number of nitrogens with zero attached hydrogens (tertiary/aromatic N) is 3. The van der Waals surface area contributed by atoms with E-state index in [4.69, 9.17) is 11.6 Å². The van der Waals surface area contributed by atoms with Crippen LogP contribution in [0.3, 0.4) is 0 Å². The third-order valence-electron chi connectivity index (χ3n) is 7.38. The van der Waals surface area contributed by atoms with E-state index in [1.54, 1.807) is 72.8 Å². The predicted octanol–water partition coefficient (Wildman–Crippen LogP) is 6.52. The lowest BCUT2D eigenvalue weighted by molar-refractivity contribution is 0.0651. The zero-order chi connectivity index (χ0) is 29.5. The van der Waals surface area contributed by atoms with Gasteiger partial charge in [0.05, 0.1) is 22.7 Å². The van der Waals surface area contributed by atoms with E-state index in [1.165, 1.54) is 4.31 Å². The summed E-state index contributed by atoms with van der Waals surface area (Å²) in [5.74, 6) is -0.176. The van der Waals surface area contributed by atoms with Gasteiger partial charge >= 0.3 is 0 Å². The third kappa shape index (κ3) is 7.10. The molecule has 1 aliphatic rings. The molecule has 216 valence electrons. The van der Waals surface area contributed by atoms with Gasteiger partial charge in [0.1, 0.15) is 0 Å². The van der Waals surface area contributed by atoms with Gasteiger partial charge in [0, 0.05) is 37.7 Å². The SMILES string of the molecule is Cc1ccc(S(=O)(=O)N(Cc2ccc(Cl)cc2)c2ccccc2C(=O)N2CCN(C/C=C/c3ccccc3)CC2)cc1. The molecule has 42 heavy (non-hydrogen) atoms. The second kappa shape index (κ2) is 13.4. The number of carbonyl (C=O) groups excluding carboxylic acids is 1. The van der Waals surface area contributed by atoms with Gasteiger partial charge in [-0.25, -0.2) is 8.42 Å². The van der Waals surface area contributed by atoms with Crippen molar-refractivity contribution < 1.29 is 13.2 Å². The molecule has 0 aliphatic carbocycles. The van der Waals surface area contributed by atoms with Crippen LogP contribution in [-0.4, -0.2) is 56.8 Å². The molecule has 0 radical (unpaired) electrons. The largest absolute Gasteiger partial charge is 0.336 e. The van der Waals surface area contributed by atoms with Crippen LogP contribution in [0.4, 0.5) is 5.69 Å². The number of carbonyl (C=O) groups is 1. The number of hydrogen-bond acceptors (Lipinski definition) is 4. The van der Waals surface area contributed by atoms with Crippen LogP contribution in [0.15, 0.2) is 114 Å². The molecule has 5 rings (SSSR count). The Hall–Kier alpha value is -3.91. The molecule has 4 aromatic carbocycles. The van der Waals surface area contributed by atoms with Crippen molar-refractivity contribution in [1.29, 1.82) is 0 Å². The summed E-state index contributed by atoms with van der Waals surface area (Å²) in [6.45, 7) is 5.38. The van der Waals surface area contributed by atoms with Gasteiger partial charge in [-0.15, -0.1) is 0 Å². The molecule has 8 heteroatoms. The first-order valence-corrected chi connectivity index (χ1v) is 15.8. The molecule has 1 saturated heterocycles. The maximum absolute atomic E-state index is 14.1. The van der Waals surface area contributed by atoms with E-state index in [0.717, 1.165) is 36.3 Å². The van der Waals surface area contributed by atoms with Crippen LogP contribution in [-0.2, 0) is 16.6 Å². The van der Waals surface area contributed by atoms with Crippen molar-refractivity contribution in [2.24, 2.45) is 0 Å². The monoisotopic (exact) mass is 599 g/mol. The number of benzene rings is 4. The lowest BCUT2D eigenvalue weighted by Crippen LogP contribution is -2.49. The molecule has 1 heterocycles. The molecule has 6 nitrogen and oxygen atoms in total. The Morgan fingerprint density at radius 1 is 0.833 bits per heavy atom. The zero-order valence-electron chi connectivity index (χ0n) is 23.6. The number of aryl methyl sites for hydroxylation is 1. The summed E-state index contributed by atoms with van der Waals surface area (Å²) >= 11 is 6.10. The van der Waals surface area contributed by atoms with E-state index in [1.807, 2.05) is 30.0 Å². The molecule has 1 amide bonds. The first-order valence-electron chi connectivity index (χ1n) is 14.0. The summed E-state index contributed by atoms with van der Waals surface area (Å²) in [6.07, 6.45) is 4.25. The van der Waals surface area contributed by atoms with Crippen LogP contribution >= 0.6 is 11.6 Å². The Morgan fingerprint density at radius 3 is 2.17 bits per heavy atom. The maximum Gasteiger partial charge on any atom is 0.264 e. The van der Waals surface area contributed by atoms with Crippen LogP contribution in [0.1, 0.15) is 27.0 Å². The minimum atomic E-state index is -3.99. The molecule has 4 aromatic rings. The number of halogens is 1. The summed E-state index contributed by atoms with van der Waals surface area (Å²) in [7, 11) is -3.99. The first kappa shape index (κ1) is 29.6. The van der Waals surface area contributed by atoms with E-state index in [0.29, 0.717) is 29.4 Å². The van der Waals surface area contributed by atoms with Gasteiger partial charge in [-0.3, -0.25) is 14.0 Å². The molecule has 0 saturated carbocycles. The number of para-hydroxylation sites is 1. The topological polar surface area (TPSA) is 60.9 Å². The normalized spacial score (nSPS) is 14.3. The summed E-state index contributed by atoms with van der Waals surface area (Å²) in [5.41, 5.74) is 3.59. The zero-order valence-corrected chi connectivity index (χ0v) is 25.1. The maximum atomic E-state index is 14.1. The Kier molecular flexibility index (Phi) is 9.42. The van der Waals surface area contributed by atoms with Crippen molar-refractivity contribution in [2.75, 3.05) is 37.0 Å².